The van der Waals surface area contributed by atoms with Gasteiger partial charge in [0.2, 0.25) is 0 Å². The first-order chi connectivity index (χ1) is 8.70. The van der Waals surface area contributed by atoms with E-state index in [4.69, 9.17) is 0 Å². The van der Waals surface area contributed by atoms with Crippen molar-refractivity contribution in [2.24, 2.45) is 0 Å². The SMILES string of the molecule is CCCCC(C)(CCC)[Si](C(C)C)(C(C)C)C(C)C. The lowest BCUT2D eigenvalue weighted by molar-refractivity contribution is 0.441. The van der Waals surface area contributed by atoms with Crippen molar-refractivity contribution in [1.29, 1.82) is 0 Å². The van der Waals surface area contributed by atoms with Crippen molar-refractivity contribution >= 4 is 8.07 Å². The first-order valence-electron chi connectivity index (χ1n) is 8.70. The molecule has 0 aliphatic carbocycles. The van der Waals surface area contributed by atoms with Gasteiger partial charge in [-0.05, 0) is 5.04 Å². The minimum Gasteiger partial charge on any atom is -0.0654 e. The van der Waals surface area contributed by atoms with Crippen molar-refractivity contribution in [2.75, 3.05) is 0 Å². The van der Waals surface area contributed by atoms with E-state index >= 15 is 0 Å². The van der Waals surface area contributed by atoms with Crippen LogP contribution in [0.2, 0.25) is 21.7 Å². The first-order valence-corrected chi connectivity index (χ1v) is 10.9. The molecule has 1 heteroatoms. The van der Waals surface area contributed by atoms with E-state index in [1.807, 2.05) is 0 Å². The van der Waals surface area contributed by atoms with Gasteiger partial charge in [-0.15, -0.1) is 0 Å². The molecule has 0 saturated carbocycles. The van der Waals surface area contributed by atoms with Crippen LogP contribution >= 0.6 is 0 Å². The van der Waals surface area contributed by atoms with Crippen LogP contribution in [0.15, 0.2) is 0 Å². The molecule has 0 fully saturated rings. The fourth-order valence-electron chi connectivity index (χ4n) is 5.77. The van der Waals surface area contributed by atoms with Crippen molar-refractivity contribution < 1.29 is 0 Å². The topological polar surface area (TPSA) is 0 Å². The van der Waals surface area contributed by atoms with E-state index in [0.717, 1.165) is 16.6 Å². The Morgan fingerprint density at radius 3 is 1.42 bits per heavy atom. The molecule has 116 valence electrons. The van der Waals surface area contributed by atoms with Crippen LogP contribution in [0.1, 0.15) is 94.4 Å². The monoisotopic (exact) mass is 284 g/mol. The largest absolute Gasteiger partial charge is 0.0672 e. The molecule has 0 saturated heterocycles. The van der Waals surface area contributed by atoms with E-state index in [1.165, 1.54) is 32.1 Å². The summed E-state index contributed by atoms with van der Waals surface area (Å²) in [6, 6.07) is 0. The van der Waals surface area contributed by atoms with E-state index in [2.05, 4.69) is 62.3 Å². The molecule has 1 atom stereocenters. The van der Waals surface area contributed by atoms with E-state index in [9.17, 15) is 0 Å². The fraction of sp³-hybridized carbons (Fsp3) is 1.00. The molecular formula is C18H40Si. The van der Waals surface area contributed by atoms with Gasteiger partial charge in [0.1, 0.15) is 0 Å². The Hall–Kier alpha value is 0.217. The number of hydrogen-bond donors (Lipinski definition) is 0. The summed E-state index contributed by atoms with van der Waals surface area (Å²) in [5, 5.41) is 0.619. The predicted octanol–water partition coefficient (Wildman–Crippen LogP) is 7.42. The number of rotatable bonds is 9. The third kappa shape index (κ3) is 3.65. The highest BCUT2D eigenvalue weighted by molar-refractivity contribution is 6.86. The van der Waals surface area contributed by atoms with E-state index in [-0.39, 0.29) is 0 Å². The third-order valence-corrected chi connectivity index (χ3v) is 14.1. The molecule has 0 spiro atoms. The zero-order valence-electron chi connectivity index (χ0n) is 15.3. The van der Waals surface area contributed by atoms with Crippen molar-refractivity contribution in [3.05, 3.63) is 0 Å². The molecule has 0 aliphatic rings. The Bertz CT molecular complexity index is 220. The van der Waals surface area contributed by atoms with Gasteiger partial charge in [-0.1, -0.05) is 111 Å². The normalized spacial score (nSPS) is 16.4. The predicted molar refractivity (Wildman–Crippen MR) is 93.8 cm³/mol. The third-order valence-electron chi connectivity index (χ3n) is 5.80. The standard InChI is InChI=1S/C18H40Si/c1-10-12-14-18(9,13-11-2)19(15(3)4,16(5)6)17(7)8/h15-17H,10-14H2,1-9H3. The molecule has 0 rings (SSSR count). The second-order valence-corrected chi connectivity index (χ2v) is 14.3. The molecular weight excluding hydrogens is 244 g/mol. The van der Waals surface area contributed by atoms with Gasteiger partial charge in [0, 0.05) is 0 Å². The van der Waals surface area contributed by atoms with Gasteiger partial charge in [-0.2, -0.15) is 0 Å². The van der Waals surface area contributed by atoms with Gasteiger partial charge in [0.15, 0.2) is 0 Å². The average Bonchev–Trinajstić information content (AvgIpc) is 2.25. The molecule has 0 aromatic rings. The Morgan fingerprint density at radius 2 is 1.16 bits per heavy atom. The van der Waals surface area contributed by atoms with Gasteiger partial charge >= 0.3 is 0 Å². The highest BCUT2D eigenvalue weighted by Crippen LogP contribution is 2.60. The van der Waals surface area contributed by atoms with E-state index in [1.54, 1.807) is 0 Å². The van der Waals surface area contributed by atoms with E-state index in [0.29, 0.717) is 5.04 Å². The molecule has 0 radical (unpaired) electrons. The summed E-state index contributed by atoms with van der Waals surface area (Å²) in [7, 11) is -1.34. The summed E-state index contributed by atoms with van der Waals surface area (Å²) in [5.74, 6) is 0. The maximum absolute atomic E-state index is 2.65. The number of unbranched alkanes of at least 4 members (excludes halogenated alkanes) is 1. The molecule has 0 nitrogen and oxygen atoms in total. The lowest BCUT2D eigenvalue weighted by atomic mass is 9.98. The Morgan fingerprint density at radius 1 is 0.737 bits per heavy atom. The Kier molecular flexibility index (Phi) is 7.95. The molecule has 0 N–H and O–H groups in total. The molecule has 0 aromatic carbocycles. The minimum absolute atomic E-state index is 0.619. The van der Waals surface area contributed by atoms with E-state index < -0.39 is 8.07 Å². The van der Waals surface area contributed by atoms with Crippen LogP contribution in [0.25, 0.3) is 0 Å². The van der Waals surface area contributed by atoms with Crippen LogP contribution in [-0.2, 0) is 0 Å². The summed E-state index contributed by atoms with van der Waals surface area (Å²) in [5.41, 5.74) is 2.67. The van der Waals surface area contributed by atoms with Crippen LogP contribution in [0.4, 0.5) is 0 Å². The summed E-state index contributed by atoms with van der Waals surface area (Å²) in [6.45, 7) is 22.5. The highest BCUT2D eigenvalue weighted by atomic mass is 28.3. The van der Waals surface area contributed by atoms with Gasteiger partial charge in [0.25, 0.3) is 0 Å². The molecule has 0 amide bonds. The zero-order chi connectivity index (χ0) is 15.3. The summed E-state index contributed by atoms with van der Waals surface area (Å²) >= 11 is 0. The van der Waals surface area contributed by atoms with Crippen molar-refractivity contribution in [3.63, 3.8) is 0 Å². The quantitative estimate of drug-likeness (QED) is 0.386. The Labute approximate surface area is 124 Å². The molecule has 0 heterocycles. The van der Waals surface area contributed by atoms with Gasteiger partial charge in [-0.25, -0.2) is 0 Å². The molecule has 0 aromatic heterocycles. The second-order valence-electron chi connectivity index (χ2n) is 7.81. The minimum atomic E-state index is -1.34. The highest BCUT2D eigenvalue weighted by Gasteiger charge is 2.54. The maximum atomic E-state index is 2.65. The van der Waals surface area contributed by atoms with Crippen molar-refractivity contribution in [1.82, 2.24) is 0 Å². The zero-order valence-corrected chi connectivity index (χ0v) is 16.3. The average molecular weight is 285 g/mol. The smallest absolute Gasteiger partial charge is 0.0654 e. The Balaban J connectivity index is 5.72. The lowest BCUT2D eigenvalue weighted by Crippen LogP contribution is -2.54. The van der Waals surface area contributed by atoms with Gasteiger partial charge in [-0.3, -0.25) is 0 Å². The van der Waals surface area contributed by atoms with Crippen LogP contribution in [0.5, 0.6) is 0 Å². The van der Waals surface area contributed by atoms with Crippen LogP contribution in [0.3, 0.4) is 0 Å². The van der Waals surface area contributed by atoms with Crippen molar-refractivity contribution in [2.45, 2.75) is 116 Å². The molecule has 0 bridgehead atoms. The van der Waals surface area contributed by atoms with Crippen LogP contribution in [-0.4, -0.2) is 8.07 Å². The lowest BCUT2D eigenvalue weighted by Gasteiger charge is -2.56. The van der Waals surface area contributed by atoms with Crippen LogP contribution < -0.4 is 0 Å². The summed E-state index contributed by atoms with van der Waals surface area (Å²) in [4.78, 5) is 0. The fourth-order valence-corrected chi connectivity index (χ4v) is 15.2. The summed E-state index contributed by atoms with van der Waals surface area (Å²) in [6.07, 6.45) is 7.00. The van der Waals surface area contributed by atoms with Gasteiger partial charge < -0.3 is 0 Å². The molecule has 19 heavy (non-hydrogen) atoms. The summed E-state index contributed by atoms with van der Waals surface area (Å²) < 4.78 is 0. The molecule has 0 aliphatic heterocycles. The maximum Gasteiger partial charge on any atom is 0.0672 e. The second kappa shape index (κ2) is 7.86. The van der Waals surface area contributed by atoms with Crippen molar-refractivity contribution in [3.8, 4) is 0 Å². The van der Waals surface area contributed by atoms with Crippen LogP contribution in [0, 0.1) is 0 Å². The number of hydrogen-bond acceptors (Lipinski definition) is 0. The van der Waals surface area contributed by atoms with Gasteiger partial charge in [0.05, 0.1) is 8.07 Å². The molecule has 1 unspecified atom stereocenters. The first kappa shape index (κ1) is 19.2.